The van der Waals surface area contributed by atoms with Crippen molar-refractivity contribution in [2.45, 2.75) is 19.9 Å². The second-order valence-corrected chi connectivity index (χ2v) is 6.12. The van der Waals surface area contributed by atoms with Crippen molar-refractivity contribution >= 4 is 12.6 Å². The van der Waals surface area contributed by atoms with Gasteiger partial charge in [0, 0.05) is 37.4 Å². The van der Waals surface area contributed by atoms with E-state index in [1.807, 2.05) is 43.3 Å². The molecule has 0 spiro atoms. The summed E-state index contributed by atoms with van der Waals surface area (Å²) in [7, 11) is 0. The lowest BCUT2D eigenvalue weighted by Crippen LogP contribution is -2.49. The summed E-state index contributed by atoms with van der Waals surface area (Å²) in [4.78, 5) is 18.6. The average Bonchev–Trinajstić information content (AvgIpc) is 2.63. The van der Waals surface area contributed by atoms with Crippen molar-refractivity contribution in [1.82, 2.24) is 10.2 Å². The van der Waals surface area contributed by atoms with Gasteiger partial charge >= 0.3 is 0 Å². The molecule has 0 aliphatic carbocycles. The molecule has 1 fully saturated rings. The van der Waals surface area contributed by atoms with Crippen LogP contribution in [0.2, 0.25) is 0 Å². The summed E-state index contributed by atoms with van der Waals surface area (Å²) in [6, 6.07) is 7.77. The Morgan fingerprint density at radius 1 is 1.40 bits per heavy atom. The Morgan fingerprint density at radius 2 is 2.12 bits per heavy atom. The van der Waals surface area contributed by atoms with Crippen molar-refractivity contribution in [1.29, 1.82) is 0 Å². The topological polar surface area (TPSA) is 53.9 Å². The molecule has 5 nitrogen and oxygen atoms in total. The van der Waals surface area contributed by atoms with Crippen LogP contribution < -0.4 is 5.32 Å². The molecule has 1 heterocycles. The zero-order valence-corrected chi connectivity index (χ0v) is 15.1. The highest BCUT2D eigenvalue weighted by atomic mass is 16.5. The van der Waals surface area contributed by atoms with Crippen molar-refractivity contribution < 1.29 is 9.53 Å². The lowest BCUT2D eigenvalue weighted by molar-refractivity contribution is 0.0237. The van der Waals surface area contributed by atoms with Crippen LogP contribution in [-0.4, -0.2) is 56.4 Å². The first-order chi connectivity index (χ1) is 12.1. The van der Waals surface area contributed by atoms with Crippen molar-refractivity contribution in [3.05, 3.63) is 59.3 Å². The standard InChI is InChI=1S/C20H27N3O2/c1-16-7-4-5-9-18(16)20(24)22-15-19(17(2)8-6-10-21-3)23-11-13-25-14-12-23/h4-10,19H,3,11-15H2,1-2H3,(H,22,24)/b10-6-,17-8+. The molecule has 0 saturated carbocycles. The van der Waals surface area contributed by atoms with Crippen molar-refractivity contribution in [2.75, 3.05) is 32.8 Å². The predicted molar refractivity (Wildman–Crippen MR) is 102 cm³/mol. The number of hydrogen-bond donors (Lipinski definition) is 1. The van der Waals surface area contributed by atoms with E-state index in [4.69, 9.17) is 4.74 Å². The van der Waals surface area contributed by atoms with Crippen LogP contribution in [0.4, 0.5) is 0 Å². The van der Waals surface area contributed by atoms with E-state index in [0.717, 1.165) is 37.4 Å². The highest BCUT2D eigenvalue weighted by Crippen LogP contribution is 2.13. The number of nitrogens with zero attached hydrogens (tertiary/aromatic N) is 2. The number of benzene rings is 1. The van der Waals surface area contributed by atoms with Crippen molar-refractivity contribution in [3.63, 3.8) is 0 Å². The monoisotopic (exact) mass is 341 g/mol. The molecule has 1 aliphatic heterocycles. The molecule has 0 radical (unpaired) electrons. The lowest BCUT2D eigenvalue weighted by atomic mass is 10.0. The molecule has 0 bridgehead atoms. The predicted octanol–water partition coefficient (Wildman–Crippen LogP) is 2.59. The number of carbonyl (C=O) groups is 1. The maximum atomic E-state index is 12.5. The number of hydrogen-bond acceptors (Lipinski definition) is 4. The summed E-state index contributed by atoms with van der Waals surface area (Å²) in [5, 5.41) is 3.09. The number of amides is 1. The number of rotatable bonds is 7. The third-order valence-corrected chi connectivity index (χ3v) is 4.41. The normalized spacial score (nSPS) is 17.4. The van der Waals surface area contributed by atoms with Crippen LogP contribution in [0.25, 0.3) is 0 Å². The first-order valence-corrected chi connectivity index (χ1v) is 8.58. The SMILES string of the molecule is C=N/C=C\C=C(/C)C(CNC(=O)c1ccccc1C)N1CCOCC1. The highest BCUT2D eigenvalue weighted by molar-refractivity contribution is 5.95. The van der Waals surface area contributed by atoms with Gasteiger partial charge in [-0.05, 0) is 38.3 Å². The maximum absolute atomic E-state index is 12.5. The first-order valence-electron chi connectivity index (χ1n) is 8.58. The van der Waals surface area contributed by atoms with Gasteiger partial charge in [0.15, 0.2) is 0 Å². The summed E-state index contributed by atoms with van der Waals surface area (Å²) in [5.74, 6) is -0.0348. The van der Waals surface area contributed by atoms with Crippen LogP contribution >= 0.6 is 0 Å². The van der Waals surface area contributed by atoms with Crippen LogP contribution in [0.5, 0.6) is 0 Å². The van der Waals surface area contributed by atoms with E-state index in [-0.39, 0.29) is 11.9 Å². The minimum absolute atomic E-state index is 0.0348. The van der Waals surface area contributed by atoms with E-state index in [1.165, 1.54) is 5.57 Å². The Kier molecular flexibility index (Phi) is 7.57. The van der Waals surface area contributed by atoms with Gasteiger partial charge in [-0.25, -0.2) is 0 Å². The smallest absolute Gasteiger partial charge is 0.251 e. The average molecular weight is 341 g/mol. The van der Waals surface area contributed by atoms with Gasteiger partial charge < -0.3 is 10.1 Å². The fourth-order valence-electron chi connectivity index (χ4n) is 2.95. The molecule has 1 amide bonds. The van der Waals surface area contributed by atoms with Crippen LogP contribution in [0, 0.1) is 6.92 Å². The molecule has 25 heavy (non-hydrogen) atoms. The molecule has 2 rings (SSSR count). The number of aliphatic imine (C=N–C) groups is 1. The summed E-state index contributed by atoms with van der Waals surface area (Å²) in [6.45, 7) is 11.2. The van der Waals surface area contributed by atoms with Crippen LogP contribution in [-0.2, 0) is 4.74 Å². The summed E-state index contributed by atoms with van der Waals surface area (Å²) >= 11 is 0. The quantitative estimate of drug-likeness (QED) is 0.613. The van der Waals surface area contributed by atoms with Gasteiger partial charge in [-0.15, -0.1) is 0 Å². The van der Waals surface area contributed by atoms with E-state index >= 15 is 0 Å². The van der Waals surface area contributed by atoms with E-state index in [0.29, 0.717) is 6.54 Å². The van der Waals surface area contributed by atoms with E-state index < -0.39 is 0 Å². The number of morpholine rings is 1. The number of ether oxygens (including phenoxy) is 1. The van der Waals surface area contributed by atoms with Gasteiger partial charge in [-0.2, -0.15) is 0 Å². The number of nitrogens with one attached hydrogen (secondary N) is 1. The van der Waals surface area contributed by atoms with Gasteiger partial charge in [0.2, 0.25) is 0 Å². The molecule has 5 heteroatoms. The Labute approximate surface area is 150 Å². The second-order valence-electron chi connectivity index (χ2n) is 6.12. The summed E-state index contributed by atoms with van der Waals surface area (Å²) in [6.07, 6.45) is 5.56. The molecule has 0 aromatic heterocycles. The van der Waals surface area contributed by atoms with Crippen molar-refractivity contribution in [3.8, 4) is 0 Å². The molecule has 1 atom stereocenters. The zero-order valence-electron chi connectivity index (χ0n) is 15.1. The molecule has 1 aromatic carbocycles. The maximum Gasteiger partial charge on any atom is 0.251 e. The lowest BCUT2D eigenvalue weighted by Gasteiger charge is -2.35. The van der Waals surface area contributed by atoms with Gasteiger partial charge in [-0.3, -0.25) is 14.7 Å². The largest absolute Gasteiger partial charge is 0.379 e. The molecule has 1 unspecified atom stereocenters. The first kappa shape index (κ1) is 19.1. The fraction of sp³-hybridized carbons (Fsp3) is 0.400. The molecule has 1 aliphatic rings. The number of allylic oxidation sites excluding steroid dienone is 2. The third kappa shape index (κ3) is 5.66. The third-order valence-electron chi connectivity index (χ3n) is 4.41. The number of carbonyl (C=O) groups excluding carboxylic acids is 1. The molecular formula is C20H27N3O2. The van der Waals surface area contributed by atoms with Crippen LogP contribution in [0.3, 0.4) is 0 Å². The van der Waals surface area contributed by atoms with Gasteiger partial charge in [0.25, 0.3) is 5.91 Å². The minimum Gasteiger partial charge on any atom is -0.379 e. The summed E-state index contributed by atoms with van der Waals surface area (Å²) in [5.41, 5.74) is 2.88. The fourth-order valence-corrected chi connectivity index (χ4v) is 2.95. The van der Waals surface area contributed by atoms with Gasteiger partial charge in [0.1, 0.15) is 0 Å². The highest BCUT2D eigenvalue weighted by Gasteiger charge is 2.23. The summed E-state index contributed by atoms with van der Waals surface area (Å²) < 4.78 is 5.45. The van der Waals surface area contributed by atoms with E-state index in [2.05, 4.69) is 28.9 Å². The Bertz CT molecular complexity index is 646. The molecule has 134 valence electrons. The second kappa shape index (κ2) is 9.91. The van der Waals surface area contributed by atoms with Crippen LogP contribution in [0.1, 0.15) is 22.8 Å². The van der Waals surface area contributed by atoms with Crippen LogP contribution in [0.15, 0.2) is 53.2 Å². The Morgan fingerprint density at radius 3 is 2.80 bits per heavy atom. The molecule has 1 N–H and O–H groups in total. The Hall–Kier alpha value is -2.24. The molecular weight excluding hydrogens is 314 g/mol. The van der Waals surface area contributed by atoms with E-state index in [1.54, 1.807) is 6.20 Å². The molecule has 1 aromatic rings. The van der Waals surface area contributed by atoms with Crippen molar-refractivity contribution in [2.24, 2.45) is 4.99 Å². The van der Waals surface area contributed by atoms with E-state index in [9.17, 15) is 4.79 Å². The Balaban J connectivity index is 2.08. The van der Waals surface area contributed by atoms with Gasteiger partial charge in [0.05, 0.1) is 13.2 Å². The zero-order chi connectivity index (χ0) is 18.1. The van der Waals surface area contributed by atoms with Gasteiger partial charge in [-0.1, -0.05) is 29.8 Å². The number of aryl methyl sites for hydroxylation is 1. The minimum atomic E-state index is -0.0348. The molecule has 1 saturated heterocycles.